The van der Waals surface area contributed by atoms with E-state index in [0.717, 1.165) is 17.0 Å². The molecule has 0 aliphatic carbocycles. The molecular formula is C11H23NO3S. The van der Waals surface area contributed by atoms with Gasteiger partial charge in [-0.3, -0.25) is 4.79 Å². The second-order valence-electron chi connectivity index (χ2n) is 5.05. The normalized spacial score (nSPS) is 14.2. The first-order valence-corrected chi connectivity index (χ1v) is 7.40. The Morgan fingerprint density at radius 3 is 1.88 bits per heavy atom. The Hall–Kier alpha value is -0.580. The first-order chi connectivity index (χ1) is 7.07. The first-order valence-electron chi connectivity index (χ1n) is 5.55. The predicted molar refractivity (Wildman–Crippen MR) is 65.4 cm³/mol. The molecule has 1 unspecified atom stereocenters. The molecule has 0 N–H and O–H groups in total. The molecule has 4 nitrogen and oxygen atoms in total. The molecule has 96 valence electrons. The van der Waals surface area contributed by atoms with E-state index in [1.165, 1.54) is 7.05 Å². The molecule has 16 heavy (non-hydrogen) atoms. The van der Waals surface area contributed by atoms with Crippen molar-refractivity contribution >= 4 is 15.9 Å². The van der Waals surface area contributed by atoms with Gasteiger partial charge >= 0.3 is 0 Å². The third-order valence-corrected chi connectivity index (χ3v) is 3.83. The average Bonchev–Trinajstić information content (AvgIpc) is 2.09. The lowest BCUT2D eigenvalue weighted by atomic mass is 9.87. The van der Waals surface area contributed by atoms with Gasteiger partial charge in [-0.25, -0.2) is 12.7 Å². The second-order valence-corrected chi connectivity index (χ2v) is 7.06. The van der Waals surface area contributed by atoms with Gasteiger partial charge in [0.05, 0.1) is 6.26 Å². The van der Waals surface area contributed by atoms with Gasteiger partial charge in [-0.2, -0.15) is 0 Å². The van der Waals surface area contributed by atoms with Gasteiger partial charge in [-0.05, 0) is 18.3 Å². The highest BCUT2D eigenvalue weighted by molar-refractivity contribution is 7.88. The summed E-state index contributed by atoms with van der Waals surface area (Å²) in [5.74, 6) is 0.00864. The number of sulfonamides is 1. The summed E-state index contributed by atoms with van der Waals surface area (Å²) in [7, 11) is -2.11. The summed E-state index contributed by atoms with van der Waals surface area (Å²) in [6.07, 6.45) is 1.77. The standard InChI is InChI=1S/C11H23NO3S/c1-8(2)7-10(9(3)4)11(13)12(5)16(6,14)15/h8-10H,7H2,1-6H3. The van der Waals surface area contributed by atoms with Crippen LogP contribution >= 0.6 is 0 Å². The second kappa shape index (κ2) is 5.66. The van der Waals surface area contributed by atoms with Crippen molar-refractivity contribution in [2.24, 2.45) is 17.8 Å². The predicted octanol–water partition coefficient (Wildman–Crippen LogP) is 1.72. The summed E-state index contributed by atoms with van der Waals surface area (Å²) >= 11 is 0. The zero-order valence-electron chi connectivity index (χ0n) is 11.0. The Morgan fingerprint density at radius 1 is 1.19 bits per heavy atom. The van der Waals surface area contributed by atoms with E-state index in [1.807, 2.05) is 27.7 Å². The molecular weight excluding hydrogens is 226 g/mol. The van der Waals surface area contributed by atoms with Gasteiger partial charge in [0.25, 0.3) is 0 Å². The van der Waals surface area contributed by atoms with Gasteiger partial charge < -0.3 is 0 Å². The molecule has 0 aromatic heterocycles. The molecule has 5 heteroatoms. The van der Waals surface area contributed by atoms with E-state index in [4.69, 9.17) is 0 Å². The van der Waals surface area contributed by atoms with Crippen LogP contribution in [0.3, 0.4) is 0 Å². The smallest absolute Gasteiger partial charge is 0.239 e. The van der Waals surface area contributed by atoms with E-state index in [1.54, 1.807) is 0 Å². The van der Waals surface area contributed by atoms with Crippen LogP contribution in [0.2, 0.25) is 0 Å². The van der Waals surface area contributed by atoms with Crippen molar-refractivity contribution in [2.75, 3.05) is 13.3 Å². The number of hydrogen-bond donors (Lipinski definition) is 0. The maximum atomic E-state index is 12.0. The van der Waals surface area contributed by atoms with E-state index < -0.39 is 10.0 Å². The van der Waals surface area contributed by atoms with Crippen LogP contribution in [0.1, 0.15) is 34.1 Å². The van der Waals surface area contributed by atoms with Crippen LogP contribution in [0.25, 0.3) is 0 Å². The summed E-state index contributed by atoms with van der Waals surface area (Å²) in [5.41, 5.74) is 0. The minimum atomic E-state index is -3.43. The van der Waals surface area contributed by atoms with Crippen LogP contribution in [-0.4, -0.2) is 31.9 Å². The number of hydrogen-bond acceptors (Lipinski definition) is 3. The lowest BCUT2D eigenvalue weighted by Gasteiger charge is -2.26. The van der Waals surface area contributed by atoms with Gasteiger partial charge in [0.15, 0.2) is 0 Å². The monoisotopic (exact) mass is 249 g/mol. The highest BCUT2D eigenvalue weighted by Gasteiger charge is 2.29. The van der Waals surface area contributed by atoms with Crippen molar-refractivity contribution in [1.82, 2.24) is 4.31 Å². The number of rotatable bonds is 5. The van der Waals surface area contributed by atoms with Crippen LogP contribution in [-0.2, 0) is 14.8 Å². The minimum Gasteiger partial charge on any atom is -0.273 e. The molecule has 0 fully saturated rings. The summed E-state index contributed by atoms with van der Waals surface area (Å²) < 4.78 is 23.4. The number of nitrogens with zero attached hydrogens (tertiary/aromatic N) is 1. The third-order valence-electron chi connectivity index (χ3n) is 2.66. The third kappa shape index (κ3) is 4.51. The summed E-state index contributed by atoms with van der Waals surface area (Å²) in [6, 6.07) is 0. The van der Waals surface area contributed by atoms with Crippen molar-refractivity contribution in [1.29, 1.82) is 0 Å². The van der Waals surface area contributed by atoms with Gasteiger partial charge in [-0.15, -0.1) is 0 Å². The molecule has 1 amide bonds. The SMILES string of the molecule is CC(C)CC(C(=O)N(C)S(C)(=O)=O)C(C)C. The van der Waals surface area contributed by atoms with Crippen LogP contribution in [0.4, 0.5) is 0 Å². The lowest BCUT2D eigenvalue weighted by Crippen LogP contribution is -2.39. The number of carbonyl (C=O) groups is 1. The molecule has 0 aliphatic heterocycles. The largest absolute Gasteiger partial charge is 0.273 e. The van der Waals surface area contributed by atoms with Gasteiger partial charge in [0.2, 0.25) is 15.9 Å². The summed E-state index contributed by atoms with van der Waals surface area (Å²) in [6.45, 7) is 7.95. The Labute approximate surface area is 99.1 Å². The molecule has 0 saturated carbocycles. The fourth-order valence-electron chi connectivity index (χ4n) is 1.56. The van der Waals surface area contributed by atoms with Crippen molar-refractivity contribution < 1.29 is 13.2 Å². The minimum absolute atomic E-state index is 0.152. The highest BCUT2D eigenvalue weighted by Crippen LogP contribution is 2.23. The Balaban J connectivity index is 4.89. The van der Waals surface area contributed by atoms with Crippen molar-refractivity contribution in [2.45, 2.75) is 34.1 Å². The quantitative estimate of drug-likeness (QED) is 0.745. The fraction of sp³-hybridized carbons (Fsp3) is 0.909. The maximum absolute atomic E-state index is 12.0. The van der Waals surface area contributed by atoms with Crippen LogP contribution in [0, 0.1) is 17.8 Å². The van der Waals surface area contributed by atoms with Crippen LogP contribution in [0.5, 0.6) is 0 Å². The molecule has 0 aromatic rings. The van der Waals surface area contributed by atoms with E-state index >= 15 is 0 Å². The molecule has 0 radical (unpaired) electrons. The molecule has 0 aliphatic rings. The van der Waals surface area contributed by atoms with Gasteiger partial charge in [0, 0.05) is 13.0 Å². The Kier molecular flexibility index (Phi) is 5.46. The number of amides is 1. The molecule has 0 heterocycles. The van der Waals surface area contributed by atoms with E-state index in [-0.39, 0.29) is 17.7 Å². The van der Waals surface area contributed by atoms with E-state index in [2.05, 4.69) is 0 Å². The maximum Gasteiger partial charge on any atom is 0.239 e. The molecule has 0 rings (SSSR count). The first kappa shape index (κ1) is 15.4. The van der Waals surface area contributed by atoms with Crippen molar-refractivity contribution in [3.63, 3.8) is 0 Å². The van der Waals surface area contributed by atoms with Crippen molar-refractivity contribution in [3.8, 4) is 0 Å². The topological polar surface area (TPSA) is 54.5 Å². The Morgan fingerprint density at radius 2 is 1.62 bits per heavy atom. The molecule has 1 atom stereocenters. The van der Waals surface area contributed by atoms with Gasteiger partial charge in [-0.1, -0.05) is 27.7 Å². The Bertz CT molecular complexity index is 333. The highest BCUT2D eigenvalue weighted by atomic mass is 32.2. The molecule has 0 saturated heterocycles. The molecule has 0 bridgehead atoms. The van der Waals surface area contributed by atoms with E-state index in [9.17, 15) is 13.2 Å². The molecule has 0 aromatic carbocycles. The van der Waals surface area contributed by atoms with Gasteiger partial charge in [0.1, 0.15) is 0 Å². The fourth-order valence-corrected chi connectivity index (χ4v) is 2.03. The zero-order chi connectivity index (χ0) is 13.1. The number of carbonyl (C=O) groups excluding carboxylic acids is 1. The summed E-state index contributed by atoms with van der Waals surface area (Å²) in [4.78, 5) is 12.0. The zero-order valence-corrected chi connectivity index (χ0v) is 11.8. The van der Waals surface area contributed by atoms with Crippen LogP contribution < -0.4 is 0 Å². The van der Waals surface area contributed by atoms with E-state index in [0.29, 0.717) is 5.92 Å². The molecule has 0 spiro atoms. The van der Waals surface area contributed by atoms with Crippen molar-refractivity contribution in [3.05, 3.63) is 0 Å². The summed E-state index contributed by atoms with van der Waals surface area (Å²) in [5, 5.41) is 0. The lowest BCUT2D eigenvalue weighted by molar-refractivity contribution is -0.131. The van der Waals surface area contributed by atoms with Crippen LogP contribution in [0.15, 0.2) is 0 Å². The average molecular weight is 249 g/mol.